The van der Waals surface area contributed by atoms with Crippen molar-refractivity contribution in [3.05, 3.63) is 29.8 Å². The Morgan fingerprint density at radius 3 is 2.47 bits per heavy atom. The van der Waals surface area contributed by atoms with Crippen LogP contribution in [0.25, 0.3) is 0 Å². The summed E-state index contributed by atoms with van der Waals surface area (Å²) in [5.74, 6) is 0.231. The van der Waals surface area contributed by atoms with Crippen molar-refractivity contribution in [2.75, 3.05) is 13.6 Å². The summed E-state index contributed by atoms with van der Waals surface area (Å²) < 4.78 is 4.97. The maximum absolute atomic E-state index is 10.8. The number of nitrogens with one attached hydrogen (secondary N) is 1. The lowest BCUT2D eigenvalue weighted by molar-refractivity contribution is -0.131. The summed E-state index contributed by atoms with van der Waals surface area (Å²) in [6.45, 7) is 4.23. The van der Waals surface area contributed by atoms with Crippen LogP contribution in [-0.2, 0) is 10.3 Å². The van der Waals surface area contributed by atoms with Gasteiger partial charge in [0.15, 0.2) is 0 Å². The van der Waals surface area contributed by atoms with E-state index in [4.69, 9.17) is 10.5 Å². The smallest absolute Gasteiger partial charge is 0.308 e. The monoisotopic (exact) mass is 236 g/mol. The molecule has 3 N–H and O–H groups in total. The highest BCUT2D eigenvalue weighted by Crippen LogP contribution is 2.23. The first-order valence-corrected chi connectivity index (χ1v) is 5.68. The molecule has 1 unspecified atom stereocenters. The Labute approximate surface area is 102 Å². The molecule has 4 heteroatoms. The molecular weight excluding hydrogens is 216 g/mol. The molecule has 1 aromatic carbocycles. The lowest BCUT2D eigenvalue weighted by Gasteiger charge is -2.25. The van der Waals surface area contributed by atoms with Crippen molar-refractivity contribution < 1.29 is 9.53 Å². The fraction of sp³-hybridized carbons (Fsp3) is 0.462. The molecule has 1 atom stereocenters. The van der Waals surface area contributed by atoms with Gasteiger partial charge in [-0.1, -0.05) is 12.1 Å². The fourth-order valence-corrected chi connectivity index (χ4v) is 1.60. The minimum Gasteiger partial charge on any atom is -0.427 e. The van der Waals surface area contributed by atoms with Crippen LogP contribution in [0.5, 0.6) is 5.75 Å². The maximum atomic E-state index is 10.8. The van der Waals surface area contributed by atoms with Crippen LogP contribution in [0.4, 0.5) is 0 Å². The lowest BCUT2D eigenvalue weighted by Crippen LogP contribution is -2.35. The van der Waals surface area contributed by atoms with Crippen molar-refractivity contribution in [2.45, 2.75) is 25.8 Å². The average molecular weight is 236 g/mol. The second-order valence-electron chi connectivity index (χ2n) is 4.39. The average Bonchev–Trinajstić information content (AvgIpc) is 2.26. The molecule has 0 fully saturated rings. The Balaban J connectivity index is 2.75. The van der Waals surface area contributed by atoms with Crippen molar-refractivity contribution in [1.29, 1.82) is 0 Å². The van der Waals surface area contributed by atoms with Crippen LogP contribution in [0.15, 0.2) is 24.3 Å². The van der Waals surface area contributed by atoms with Crippen molar-refractivity contribution in [2.24, 2.45) is 5.73 Å². The molecule has 0 aliphatic heterocycles. The van der Waals surface area contributed by atoms with Crippen LogP contribution in [0, 0.1) is 0 Å². The first kappa shape index (κ1) is 13.7. The third kappa shape index (κ3) is 4.17. The van der Waals surface area contributed by atoms with E-state index in [9.17, 15) is 4.79 Å². The van der Waals surface area contributed by atoms with Gasteiger partial charge in [0.2, 0.25) is 0 Å². The van der Waals surface area contributed by atoms with E-state index < -0.39 is 0 Å². The van der Waals surface area contributed by atoms with E-state index in [2.05, 4.69) is 5.32 Å². The number of ether oxygens (including phenoxy) is 1. The number of carbonyl (C=O) groups is 1. The summed E-state index contributed by atoms with van der Waals surface area (Å²) in [7, 11) is 1.90. The van der Waals surface area contributed by atoms with E-state index >= 15 is 0 Å². The van der Waals surface area contributed by atoms with E-state index in [0.717, 1.165) is 18.5 Å². The van der Waals surface area contributed by atoms with Crippen LogP contribution < -0.4 is 15.8 Å². The summed E-state index contributed by atoms with van der Waals surface area (Å²) in [6, 6.07) is 7.32. The molecular formula is C13H20N2O2. The molecule has 1 aromatic rings. The quantitative estimate of drug-likeness (QED) is 0.599. The van der Waals surface area contributed by atoms with Crippen molar-refractivity contribution >= 4 is 5.97 Å². The van der Waals surface area contributed by atoms with Gasteiger partial charge < -0.3 is 15.8 Å². The van der Waals surface area contributed by atoms with E-state index in [1.807, 2.05) is 26.1 Å². The molecule has 0 amide bonds. The topological polar surface area (TPSA) is 64.3 Å². The predicted molar refractivity (Wildman–Crippen MR) is 67.8 cm³/mol. The van der Waals surface area contributed by atoms with Gasteiger partial charge in [-0.2, -0.15) is 0 Å². The molecule has 0 heterocycles. The number of rotatable bonds is 5. The molecule has 0 aliphatic rings. The van der Waals surface area contributed by atoms with Gasteiger partial charge in [0.05, 0.1) is 0 Å². The molecule has 1 rings (SSSR count). The van der Waals surface area contributed by atoms with Gasteiger partial charge in [0.25, 0.3) is 0 Å². The van der Waals surface area contributed by atoms with Crippen LogP contribution in [0.1, 0.15) is 25.8 Å². The van der Waals surface area contributed by atoms with E-state index in [1.54, 1.807) is 12.1 Å². The predicted octanol–water partition coefficient (Wildman–Crippen LogP) is 1.40. The standard InChI is InChI=1S/C13H20N2O2/c1-10(16)17-12-6-4-11(5-7-12)13(2,14)8-9-15-3/h4-7,15H,8-9,14H2,1-3H3. The number of carbonyl (C=O) groups excluding carboxylic acids is 1. The Morgan fingerprint density at radius 1 is 1.41 bits per heavy atom. The van der Waals surface area contributed by atoms with Crippen LogP contribution >= 0.6 is 0 Å². The normalized spacial score (nSPS) is 14.1. The number of esters is 1. The van der Waals surface area contributed by atoms with Gasteiger partial charge in [-0.3, -0.25) is 4.79 Å². The zero-order chi connectivity index (χ0) is 12.9. The molecule has 0 bridgehead atoms. The van der Waals surface area contributed by atoms with Crippen LogP contribution in [0.2, 0.25) is 0 Å². The Hall–Kier alpha value is -1.39. The van der Waals surface area contributed by atoms with Crippen molar-refractivity contribution in [3.63, 3.8) is 0 Å². The number of hydrogen-bond donors (Lipinski definition) is 2. The van der Waals surface area contributed by atoms with Gasteiger partial charge in [-0.15, -0.1) is 0 Å². The minimum atomic E-state index is -0.377. The van der Waals surface area contributed by atoms with Gasteiger partial charge in [0, 0.05) is 12.5 Å². The number of benzene rings is 1. The van der Waals surface area contributed by atoms with E-state index in [-0.39, 0.29) is 11.5 Å². The zero-order valence-electron chi connectivity index (χ0n) is 10.6. The Bertz CT molecular complexity index is 372. The Morgan fingerprint density at radius 2 is 2.00 bits per heavy atom. The summed E-state index contributed by atoms with van der Waals surface area (Å²) in [5.41, 5.74) is 6.88. The molecule has 17 heavy (non-hydrogen) atoms. The first-order valence-electron chi connectivity index (χ1n) is 5.68. The third-order valence-corrected chi connectivity index (χ3v) is 2.67. The molecule has 0 spiro atoms. The third-order valence-electron chi connectivity index (χ3n) is 2.67. The SMILES string of the molecule is CNCCC(C)(N)c1ccc(OC(C)=O)cc1. The maximum Gasteiger partial charge on any atom is 0.308 e. The van der Waals surface area contributed by atoms with Gasteiger partial charge >= 0.3 is 5.97 Å². The second-order valence-corrected chi connectivity index (χ2v) is 4.39. The molecule has 4 nitrogen and oxygen atoms in total. The fourth-order valence-electron chi connectivity index (χ4n) is 1.60. The van der Waals surface area contributed by atoms with Crippen molar-refractivity contribution in [1.82, 2.24) is 5.32 Å². The number of nitrogens with two attached hydrogens (primary N) is 1. The van der Waals surface area contributed by atoms with Crippen molar-refractivity contribution in [3.8, 4) is 5.75 Å². The molecule has 0 aliphatic carbocycles. The Kier molecular flexibility index (Phi) is 4.66. The van der Waals surface area contributed by atoms with E-state index in [0.29, 0.717) is 5.75 Å². The summed E-state index contributed by atoms with van der Waals surface area (Å²) in [4.78, 5) is 10.8. The highest BCUT2D eigenvalue weighted by atomic mass is 16.5. The highest BCUT2D eigenvalue weighted by molar-refractivity contribution is 5.69. The molecule has 0 aromatic heterocycles. The highest BCUT2D eigenvalue weighted by Gasteiger charge is 2.20. The molecule has 0 saturated carbocycles. The summed E-state index contributed by atoms with van der Waals surface area (Å²) in [5, 5.41) is 3.08. The lowest BCUT2D eigenvalue weighted by atomic mass is 9.90. The molecule has 0 saturated heterocycles. The zero-order valence-corrected chi connectivity index (χ0v) is 10.6. The minimum absolute atomic E-state index is 0.316. The van der Waals surface area contributed by atoms with Gasteiger partial charge in [-0.25, -0.2) is 0 Å². The summed E-state index contributed by atoms with van der Waals surface area (Å²) >= 11 is 0. The van der Waals surface area contributed by atoms with Crippen LogP contribution in [0.3, 0.4) is 0 Å². The van der Waals surface area contributed by atoms with Crippen LogP contribution in [-0.4, -0.2) is 19.6 Å². The second kappa shape index (κ2) is 5.80. The summed E-state index contributed by atoms with van der Waals surface area (Å²) in [6.07, 6.45) is 0.844. The first-order chi connectivity index (χ1) is 7.95. The van der Waals surface area contributed by atoms with Gasteiger partial charge in [0.1, 0.15) is 5.75 Å². The van der Waals surface area contributed by atoms with Gasteiger partial charge in [-0.05, 0) is 44.6 Å². The number of hydrogen-bond acceptors (Lipinski definition) is 4. The molecule has 94 valence electrons. The molecule has 0 radical (unpaired) electrons. The van der Waals surface area contributed by atoms with E-state index in [1.165, 1.54) is 6.92 Å². The largest absolute Gasteiger partial charge is 0.427 e.